The maximum absolute atomic E-state index is 14.9. The SMILES string of the molecule is O=c1c2c(-c3ccccc3F)n(Cc3cccnc3)c(=O)cc2[nH]n1-c1ccccc1Cl. The van der Waals surface area contributed by atoms with Gasteiger partial charge in [-0.25, -0.2) is 9.07 Å². The van der Waals surface area contributed by atoms with E-state index < -0.39 is 11.4 Å². The van der Waals surface area contributed by atoms with E-state index in [2.05, 4.69) is 10.1 Å². The Morgan fingerprint density at radius 1 is 1.00 bits per heavy atom. The van der Waals surface area contributed by atoms with Crippen LogP contribution in [0.1, 0.15) is 5.56 Å². The van der Waals surface area contributed by atoms with Gasteiger partial charge < -0.3 is 4.57 Å². The van der Waals surface area contributed by atoms with E-state index in [1.807, 2.05) is 6.07 Å². The van der Waals surface area contributed by atoms with Gasteiger partial charge in [-0.3, -0.25) is 19.7 Å². The van der Waals surface area contributed by atoms with Crippen LogP contribution in [-0.2, 0) is 6.54 Å². The van der Waals surface area contributed by atoms with Crippen LogP contribution in [0, 0.1) is 5.82 Å². The first-order valence-electron chi connectivity index (χ1n) is 9.82. The van der Waals surface area contributed by atoms with E-state index in [4.69, 9.17) is 11.6 Å². The van der Waals surface area contributed by atoms with Gasteiger partial charge in [0.25, 0.3) is 11.1 Å². The smallest absolute Gasteiger partial charge is 0.281 e. The summed E-state index contributed by atoms with van der Waals surface area (Å²) in [5, 5.41) is 3.51. The van der Waals surface area contributed by atoms with Crippen LogP contribution in [-0.4, -0.2) is 19.3 Å². The van der Waals surface area contributed by atoms with Crippen LogP contribution in [0.4, 0.5) is 4.39 Å². The number of aromatic amines is 1. The minimum Gasteiger partial charge on any atom is -0.303 e. The van der Waals surface area contributed by atoms with E-state index in [-0.39, 0.29) is 28.7 Å². The molecule has 5 rings (SSSR count). The number of nitrogens with one attached hydrogen (secondary N) is 1. The number of hydrogen-bond acceptors (Lipinski definition) is 3. The predicted octanol–water partition coefficient (Wildman–Crippen LogP) is 4.38. The first-order chi connectivity index (χ1) is 15.5. The summed E-state index contributed by atoms with van der Waals surface area (Å²) in [6, 6.07) is 17.8. The van der Waals surface area contributed by atoms with Crippen molar-refractivity contribution >= 4 is 22.5 Å². The number of para-hydroxylation sites is 1. The second-order valence-corrected chi connectivity index (χ2v) is 7.66. The average Bonchev–Trinajstić information content (AvgIpc) is 3.11. The highest BCUT2D eigenvalue weighted by atomic mass is 35.5. The molecule has 32 heavy (non-hydrogen) atoms. The Morgan fingerprint density at radius 2 is 1.78 bits per heavy atom. The number of benzene rings is 2. The molecule has 0 unspecified atom stereocenters. The van der Waals surface area contributed by atoms with E-state index in [9.17, 15) is 14.0 Å². The molecule has 0 saturated heterocycles. The van der Waals surface area contributed by atoms with Crippen molar-refractivity contribution < 1.29 is 4.39 Å². The van der Waals surface area contributed by atoms with Crippen molar-refractivity contribution in [2.24, 2.45) is 0 Å². The van der Waals surface area contributed by atoms with Gasteiger partial charge in [0.1, 0.15) is 5.82 Å². The Morgan fingerprint density at radius 3 is 2.53 bits per heavy atom. The molecule has 0 spiro atoms. The van der Waals surface area contributed by atoms with E-state index in [1.54, 1.807) is 60.9 Å². The van der Waals surface area contributed by atoms with E-state index in [0.29, 0.717) is 16.2 Å². The third kappa shape index (κ3) is 3.33. The number of nitrogens with zero attached hydrogens (tertiary/aromatic N) is 3. The Balaban J connectivity index is 1.87. The van der Waals surface area contributed by atoms with Gasteiger partial charge in [0, 0.05) is 24.0 Å². The minimum atomic E-state index is -0.538. The molecule has 0 aliphatic rings. The fourth-order valence-electron chi connectivity index (χ4n) is 3.80. The standard InChI is InChI=1S/C24H16ClFN4O2/c25-17-8-2-4-10-20(17)30-24(32)22-19(28-30)12-21(31)29(14-15-6-5-11-27-13-15)23(22)16-7-1-3-9-18(16)26/h1-13,28H,14H2. The van der Waals surface area contributed by atoms with Gasteiger partial charge in [-0.1, -0.05) is 41.9 Å². The van der Waals surface area contributed by atoms with E-state index in [1.165, 1.54) is 21.4 Å². The molecule has 6 nitrogen and oxygen atoms in total. The zero-order valence-electron chi connectivity index (χ0n) is 16.6. The molecular weight excluding hydrogens is 431 g/mol. The second kappa shape index (κ2) is 7.94. The van der Waals surface area contributed by atoms with Crippen LogP contribution in [0.5, 0.6) is 0 Å². The van der Waals surface area contributed by atoms with Gasteiger partial charge in [-0.15, -0.1) is 0 Å². The number of fused-ring (bicyclic) bond motifs is 1. The minimum absolute atomic E-state index is 0.128. The van der Waals surface area contributed by atoms with Crippen LogP contribution in [0.15, 0.2) is 88.7 Å². The number of rotatable bonds is 4. The molecule has 3 aromatic heterocycles. The molecule has 5 aromatic rings. The molecule has 0 saturated carbocycles. The van der Waals surface area contributed by atoms with Gasteiger partial charge in [0.05, 0.1) is 33.9 Å². The Hall–Kier alpha value is -3.97. The molecule has 0 fully saturated rings. The summed E-state index contributed by atoms with van der Waals surface area (Å²) in [6.07, 6.45) is 3.25. The first kappa shape index (κ1) is 20.0. The summed E-state index contributed by atoms with van der Waals surface area (Å²) in [5.74, 6) is -0.538. The monoisotopic (exact) mass is 446 g/mol. The highest BCUT2D eigenvalue weighted by Gasteiger charge is 2.22. The van der Waals surface area contributed by atoms with E-state index in [0.717, 1.165) is 5.56 Å². The highest BCUT2D eigenvalue weighted by Crippen LogP contribution is 2.28. The van der Waals surface area contributed by atoms with Crippen molar-refractivity contribution in [3.8, 4) is 16.9 Å². The van der Waals surface area contributed by atoms with Gasteiger partial charge in [-0.05, 0) is 35.9 Å². The lowest BCUT2D eigenvalue weighted by Crippen LogP contribution is -2.24. The molecule has 158 valence electrons. The lowest BCUT2D eigenvalue weighted by molar-refractivity contribution is 0.628. The zero-order chi connectivity index (χ0) is 22.2. The number of pyridine rings is 2. The molecule has 2 aromatic carbocycles. The third-order valence-corrected chi connectivity index (χ3v) is 5.56. The Bertz CT molecular complexity index is 1570. The zero-order valence-corrected chi connectivity index (χ0v) is 17.4. The normalized spacial score (nSPS) is 11.2. The number of H-pyrrole nitrogens is 1. The van der Waals surface area contributed by atoms with Crippen LogP contribution in [0.2, 0.25) is 5.02 Å². The van der Waals surface area contributed by atoms with Gasteiger partial charge >= 0.3 is 0 Å². The van der Waals surface area contributed by atoms with Gasteiger partial charge in [0.15, 0.2) is 0 Å². The topological polar surface area (TPSA) is 72.7 Å². The first-order valence-corrected chi connectivity index (χ1v) is 10.2. The molecule has 3 heterocycles. The molecule has 0 atom stereocenters. The molecule has 0 radical (unpaired) electrons. The maximum Gasteiger partial charge on any atom is 0.281 e. The summed E-state index contributed by atoms with van der Waals surface area (Å²) in [6.45, 7) is 0.128. The molecular formula is C24H16ClFN4O2. The summed E-state index contributed by atoms with van der Waals surface area (Å²) in [5.41, 5.74) is 0.997. The molecule has 8 heteroatoms. The maximum atomic E-state index is 14.9. The molecule has 0 amide bonds. The van der Waals surface area contributed by atoms with Gasteiger partial charge in [-0.2, -0.15) is 0 Å². The van der Waals surface area contributed by atoms with Crippen molar-refractivity contribution in [3.05, 3.63) is 116 Å². The largest absolute Gasteiger partial charge is 0.303 e. The van der Waals surface area contributed by atoms with Crippen LogP contribution in [0.25, 0.3) is 27.8 Å². The molecule has 0 aliphatic carbocycles. The Kier molecular flexibility index (Phi) is 4.95. The predicted molar refractivity (Wildman–Crippen MR) is 122 cm³/mol. The van der Waals surface area contributed by atoms with Crippen molar-refractivity contribution in [2.75, 3.05) is 0 Å². The summed E-state index contributed by atoms with van der Waals surface area (Å²) < 4.78 is 17.6. The second-order valence-electron chi connectivity index (χ2n) is 7.25. The van der Waals surface area contributed by atoms with Gasteiger partial charge in [0.2, 0.25) is 0 Å². The third-order valence-electron chi connectivity index (χ3n) is 5.24. The lowest BCUT2D eigenvalue weighted by atomic mass is 10.1. The van der Waals surface area contributed by atoms with Crippen LogP contribution in [0.3, 0.4) is 0 Å². The molecule has 1 N–H and O–H groups in total. The average molecular weight is 447 g/mol. The van der Waals surface area contributed by atoms with E-state index >= 15 is 0 Å². The van der Waals surface area contributed by atoms with Crippen LogP contribution < -0.4 is 11.1 Å². The van der Waals surface area contributed by atoms with Crippen LogP contribution >= 0.6 is 11.6 Å². The molecule has 0 bridgehead atoms. The lowest BCUT2D eigenvalue weighted by Gasteiger charge is -2.14. The summed E-state index contributed by atoms with van der Waals surface area (Å²) >= 11 is 6.30. The van der Waals surface area contributed by atoms with Crippen molar-refractivity contribution in [1.82, 2.24) is 19.3 Å². The number of halogens is 2. The van der Waals surface area contributed by atoms with Crippen molar-refractivity contribution in [1.29, 1.82) is 0 Å². The highest BCUT2D eigenvalue weighted by molar-refractivity contribution is 6.32. The number of aromatic nitrogens is 4. The molecule has 0 aliphatic heterocycles. The summed E-state index contributed by atoms with van der Waals surface area (Å²) in [7, 11) is 0. The fraction of sp³-hybridized carbons (Fsp3) is 0.0417. The van der Waals surface area contributed by atoms with Crippen molar-refractivity contribution in [2.45, 2.75) is 6.54 Å². The Labute approximate surface area is 186 Å². The quantitative estimate of drug-likeness (QED) is 0.445. The van der Waals surface area contributed by atoms with Crippen molar-refractivity contribution in [3.63, 3.8) is 0 Å². The number of hydrogen-bond donors (Lipinski definition) is 1. The fourth-order valence-corrected chi connectivity index (χ4v) is 4.02. The summed E-state index contributed by atoms with van der Waals surface area (Å²) in [4.78, 5) is 30.7.